The number of nitrogens with one attached hydrogen (secondary N) is 1. The van der Waals surface area contributed by atoms with Crippen LogP contribution in [0.2, 0.25) is 0 Å². The standard InChI is InChI=1S/C5H7NO3/c1-2-3(5(8)9)6-4(2)7/h2-3H,1H3,(H,6,7)(H,8,9)/t2-,3+/m1/s1. The first-order valence-corrected chi connectivity index (χ1v) is 2.66. The molecule has 1 aliphatic heterocycles. The molecule has 1 amide bonds. The molecule has 2 N–H and O–H groups in total. The zero-order valence-corrected chi connectivity index (χ0v) is 4.92. The minimum Gasteiger partial charge on any atom is -0.480 e. The molecule has 0 saturated carbocycles. The van der Waals surface area contributed by atoms with Crippen molar-refractivity contribution in [3.8, 4) is 0 Å². The number of carboxylic acids is 1. The lowest BCUT2D eigenvalue weighted by Crippen LogP contribution is -2.60. The summed E-state index contributed by atoms with van der Waals surface area (Å²) in [5, 5.41) is 10.6. The van der Waals surface area contributed by atoms with Crippen LogP contribution in [0.25, 0.3) is 0 Å². The smallest absolute Gasteiger partial charge is 0.327 e. The topological polar surface area (TPSA) is 66.4 Å². The van der Waals surface area contributed by atoms with E-state index in [1.807, 2.05) is 0 Å². The maximum Gasteiger partial charge on any atom is 0.327 e. The van der Waals surface area contributed by atoms with Crippen molar-refractivity contribution in [2.75, 3.05) is 0 Å². The van der Waals surface area contributed by atoms with Crippen molar-refractivity contribution in [2.24, 2.45) is 5.92 Å². The molecular formula is C5H7NO3. The van der Waals surface area contributed by atoms with Crippen molar-refractivity contribution in [3.63, 3.8) is 0 Å². The molecule has 4 nitrogen and oxygen atoms in total. The predicted octanol–water partition coefficient (Wildman–Crippen LogP) is -0.794. The summed E-state index contributed by atoms with van der Waals surface area (Å²) in [5.41, 5.74) is 0. The van der Waals surface area contributed by atoms with Gasteiger partial charge in [0.15, 0.2) is 0 Å². The van der Waals surface area contributed by atoms with Gasteiger partial charge < -0.3 is 10.4 Å². The highest BCUT2D eigenvalue weighted by molar-refractivity contribution is 5.96. The number of rotatable bonds is 1. The first kappa shape index (κ1) is 6.07. The van der Waals surface area contributed by atoms with E-state index in [4.69, 9.17) is 5.11 Å². The fraction of sp³-hybridized carbons (Fsp3) is 0.600. The van der Waals surface area contributed by atoms with E-state index < -0.39 is 12.0 Å². The third-order valence-corrected chi connectivity index (χ3v) is 1.48. The average molecular weight is 129 g/mol. The summed E-state index contributed by atoms with van der Waals surface area (Å²) in [6.07, 6.45) is 0. The molecule has 9 heavy (non-hydrogen) atoms. The maximum atomic E-state index is 10.4. The Morgan fingerprint density at radius 2 is 2.33 bits per heavy atom. The van der Waals surface area contributed by atoms with Gasteiger partial charge in [0.1, 0.15) is 6.04 Å². The van der Waals surface area contributed by atoms with Crippen LogP contribution in [0.1, 0.15) is 6.92 Å². The van der Waals surface area contributed by atoms with Gasteiger partial charge in [-0.05, 0) is 0 Å². The van der Waals surface area contributed by atoms with Gasteiger partial charge in [0.25, 0.3) is 0 Å². The van der Waals surface area contributed by atoms with Crippen LogP contribution < -0.4 is 5.32 Å². The second-order valence-electron chi connectivity index (χ2n) is 2.11. The molecule has 1 aliphatic rings. The summed E-state index contributed by atoms with van der Waals surface area (Å²) in [4.78, 5) is 20.5. The Kier molecular flexibility index (Phi) is 1.16. The van der Waals surface area contributed by atoms with Crippen molar-refractivity contribution in [3.05, 3.63) is 0 Å². The second kappa shape index (κ2) is 1.72. The zero-order chi connectivity index (χ0) is 7.02. The highest BCUT2D eigenvalue weighted by Gasteiger charge is 2.40. The van der Waals surface area contributed by atoms with E-state index >= 15 is 0 Å². The molecular weight excluding hydrogens is 122 g/mol. The molecule has 0 aromatic carbocycles. The van der Waals surface area contributed by atoms with Gasteiger partial charge in [-0.1, -0.05) is 6.92 Å². The molecule has 0 aliphatic carbocycles. The van der Waals surface area contributed by atoms with Crippen LogP contribution in [-0.4, -0.2) is 23.0 Å². The lowest BCUT2D eigenvalue weighted by Gasteiger charge is -2.30. The maximum absolute atomic E-state index is 10.4. The normalized spacial score (nSPS) is 32.8. The summed E-state index contributed by atoms with van der Waals surface area (Å²) in [7, 11) is 0. The summed E-state index contributed by atoms with van der Waals surface area (Å²) < 4.78 is 0. The summed E-state index contributed by atoms with van der Waals surface area (Å²) in [6.45, 7) is 1.59. The van der Waals surface area contributed by atoms with E-state index in [-0.39, 0.29) is 11.8 Å². The summed E-state index contributed by atoms with van der Waals surface area (Å²) >= 11 is 0. The number of aliphatic carboxylic acids is 1. The van der Waals surface area contributed by atoms with E-state index in [2.05, 4.69) is 5.32 Å². The largest absolute Gasteiger partial charge is 0.480 e. The van der Waals surface area contributed by atoms with Crippen LogP contribution in [0.3, 0.4) is 0 Å². The van der Waals surface area contributed by atoms with E-state index in [0.29, 0.717) is 0 Å². The van der Waals surface area contributed by atoms with Crippen molar-refractivity contribution >= 4 is 11.9 Å². The van der Waals surface area contributed by atoms with Crippen LogP contribution in [0.5, 0.6) is 0 Å². The fourth-order valence-electron chi connectivity index (χ4n) is 0.740. The van der Waals surface area contributed by atoms with Gasteiger partial charge >= 0.3 is 5.97 Å². The van der Waals surface area contributed by atoms with Gasteiger partial charge in [-0.2, -0.15) is 0 Å². The van der Waals surface area contributed by atoms with Crippen molar-refractivity contribution in [1.82, 2.24) is 5.32 Å². The summed E-state index contributed by atoms with van der Waals surface area (Å²) in [6, 6.07) is -0.655. The van der Waals surface area contributed by atoms with E-state index in [1.165, 1.54) is 0 Å². The molecule has 0 spiro atoms. The Bertz CT molecular complexity index is 166. The number of amides is 1. The Morgan fingerprint density at radius 1 is 1.78 bits per heavy atom. The quantitative estimate of drug-likeness (QED) is 0.456. The number of carbonyl (C=O) groups excluding carboxylic acids is 1. The molecule has 0 unspecified atom stereocenters. The molecule has 1 rings (SSSR count). The highest BCUT2D eigenvalue weighted by Crippen LogP contribution is 2.12. The van der Waals surface area contributed by atoms with E-state index in [9.17, 15) is 9.59 Å². The number of carboxylic acid groups (broad SMARTS) is 1. The Balaban J connectivity index is 2.51. The number of β-lactam (4-membered cyclic amide) rings is 1. The van der Waals surface area contributed by atoms with Crippen LogP contribution in [0, 0.1) is 5.92 Å². The molecule has 4 heteroatoms. The van der Waals surface area contributed by atoms with Gasteiger partial charge in [0.05, 0.1) is 5.92 Å². The van der Waals surface area contributed by atoms with Crippen molar-refractivity contribution < 1.29 is 14.7 Å². The molecule has 1 saturated heterocycles. The summed E-state index contributed by atoms with van der Waals surface area (Å²) in [5.74, 6) is -1.49. The van der Waals surface area contributed by atoms with Crippen LogP contribution in [0.4, 0.5) is 0 Å². The molecule has 0 bridgehead atoms. The van der Waals surface area contributed by atoms with Crippen LogP contribution >= 0.6 is 0 Å². The van der Waals surface area contributed by atoms with Gasteiger partial charge in [-0.3, -0.25) is 4.79 Å². The number of carbonyl (C=O) groups is 2. The number of hydrogen-bond acceptors (Lipinski definition) is 2. The monoisotopic (exact) mass is 129 g/mol. The molecule has 0 aromatic heterocycles. The van der Waals surface area contributed by atoms with E-state index in [0.717, 1.165) is 0 Å². The third-order valence-electron chi connectivity index (χ3n) is 1.48. The lowest BCUT2D eigenvalue weighted by molar-refractivity contribution is -0.152. The molecule has 50 valence electrons. The third kappa shape index (κ3) is 0.759. The number of hydrogen-bond donors (Lipinski definition) is 2. The SMILES string of the molecule is C[C@H]1C(=O)N[C@@H]1C(=O)O. The van der Waals surface area contributed by atoms with Crippen LogP contribution in [-0.2, 0) is 9.59 Å². The van der Waals surface area contributed by atoms with Gasteiger partial charge in [-0.25, -0.2) is 4.79 Å². The molecule has 1 heterocycles. The minimum atomic E-state index is -0.956. The predicted molar refractivity (Wildman–Crippen MR) is 28.7 cm³/mol. The molecule has 0 aromatic rings. The molecule has 2 atom stereocenters. The van der Waals surface area contributed by atoms with Gasteiger partial charge in [-0.15, -0.1) is 0 Å². The molecule has 1 fully saturated rings. The van der Waals surface area contributed by atoms with E-state index in [1.54, 1.807) is 6.92 Å². The Morgan fingerprint density at radius 3 is 2.44 bits per heavy atom. The highest BCUT2D eigenvalue weighted by atomic mass is 16.4. The first-order chi connectivity index (χ1) is 4.13. The zero-order valence-electron chi connectivity index (χ0n) is 4.92. The fourth-order valence-corrected chi connectivity index (χ4v) is 0.740. The van der Waals surface area contributed by atoms with Crippen molar-refractivity contribution in [1.29, 1.82) is 0 Å². The lowest BCUT2D eigenvalue weighted by atomic mass is 9.93. The Hall–Kier alpha value is -1.06. The first-order valence-electron chi connectivity index (χ1n) is 2.66. The van der Waals surface area contributed by atoms with Gasteiger partial charge in [0, 0.05) is 0 Å². The van der Waals surface area contributed by atoms with Crippen LogP contribution in [0.15, 0.2) is 0 Å². The van der Waals surface area contributed by atoms with Gasteiger partial charge in [0.2, 0.25) is 5.91 Å². The minimum absolute atomic E-state index is 0.178. The second-order valence-corrected chi connectivity index (χ2v) is 2.11. The Labute approximate surface area is 51.9 Å². The average Bonchev–Trinajstić information content (AvgIpc) is 1.81. The van der Waals surface area contributed by atoms with Crippen molar-refractivity contribution in [2.45, 2.75) is 13.0 Å². The molecule has 0 radical (unpaired) electrons.